The second kappa shape index (κ2) is 3.72. The van der Waals surface area contributed by atoms with Gasteiger partial charge in [-0.15, -0.1) is 0 Å². The van der Waals surface area contributed by atoms with Crippen LogP contribution >= 0.6 is 21.6 Å². The maximum atomic E-state index is 2.56. The molecule has 22 heavy (non-hydrogen) atoms. The van der Waals surface area contributed by atoms with Crippen LogP contribution in [0.1, 0.15) is 67.2 Å². The fourth-order valence-corrected chi connectivity index (χ4v) is 10.8. The smallest absolute Gasteiger partial charge is 0.00643 e. The molecule has 0 aromatic heterocycles. The summed E-state index contributed by atoms with van der Waals surface area (Å²) in [5, 5.41) is 0. The van der Waals surface area contributed by atoms with E-state index in [0.29, 0.717) is 21.7 Å². The Hall–Kier alpha value is 0.180. The molecule has 2 fully saturated rings. The van der Waals surface area contributed by atoms with Gasteiger partial charge in [-0.25, -0.2) is 0 Å². The summed E-state index contributed by atoms with van der Waals surface area (Å²) >= 11 is 0. The van der Waals surface area contributed by atoms with Gasteiger partial charge in [-0.3, -0.25) is 0 Å². The molecule has 0 unspecified atom stereocenters. The summed E-state index contributed by atoms with van der Waals surface area (Å²) in [5.41, 5.74) is 5.49. The van der Waals surface area contributed by atoms with Crippen molar-refractivity contribution in [2.75, 3.05) is 0 Å². The van der Waals surface area contributed by atoms with E-state index in [1.54, 1.807) is 9.81 Å². The lowest BCUT2D eigenvalue weighted by Gasteiger charge is -2.39. The van der Waals surface area contributed by atoms with Gasteiger partial charge in [0.25, 0.3) is 0 Å². The summed E-state index contributed by atoms with van der Waals surface area (Å²) in [4.78, 5) is 3.56. The molecule has 4 atom stereocenters. The normalized spacial score (nSPS) is 49.9. The summed E-state index contributed by atoms with van der Waals surface area (Å²) in [7, 11) is 4.30. The number of hydrogen-bond acceptors (Lipinski definition) is 2. The lowest BCUT2D eigenvalue weighted by molar-refractivity contribution is 0.172. The van der Waals surface area contributed by atoms with Crippen LogP contribution in [0.2, 0.25) is 0 Å². The van der Waals surface area contributed by atoms with E-state index in [-0.39, 0.29) is 0 Å². The summed E-state index contributed by atoms with van der Waals surface area (Å²) < 4.78 is 0. The first-order chi connectivity index (χ1) is 10.2. The third-order valence-electron chi connectivity index (χ3n) is 9.14. The Balaban J connectivity index is 1.75. The Kier molecular flexibility index (Phi) is 2.45. The van der Waals surface area contributed by atoms with Crippen LogP contribution in [-0.2, 0) is 0 Å². The molecule has 0 spiro atoms. The second-order valence-corrected chi connectivity index (χ2v) is 12.1. The average molecular weight is 333 g/mol. The van der Waals surface area contributed by atoms with Gasteiger partial charge in [0, 0.05) is 20.6 Å². The third-order valence-corrected chi connectivity index (χ3v) is 12.1. The summed E-state index contributed by atoms with van der Waals surface area (Å²) in [6.45, 7) is 15.3. The highest BCUT2D eigenvalue weighted by atomic mass is 33.1. The Morgan fingerprint density at radius 3 is 1.41 bits per heavy atom. The molecular weight excluding hydrogens is 304 g/mol. The molecule has 0 amide bonds. The molecule has 2 saturated carbocycles. The predicted molar refractivity (Wildman–Crippen MR) is 98.5 cm³/mol. The maximum absolute atomic E-state index is 2.56. The number of allylic oxidation sites excluding steroid dienone is 4. The van der Waals surface area contributed by atoms with Gasteiger partial charge in [-0.05, 0) is 59.5 Å². The maximum Gasteiger partial charge on any atom is 0.00643 e. The molecular formula is C20H28S2. The van der Waals surface area contributed by atoms with Crippen LogP contribution in [0.25, 0.3) is 0 Å². The lowest BCUT2D eigenvalue weighted by atomic mass is 9.69. The quantitative estimate of drug-likeness (QED) is 0.447. The SMILES string of the molecule is CC1(C)[C@@H]2CC[C@]1(C)C1=C2C2=C(SS1)[C@@]1(C)CC[C@H]2C1(C)C. The van der Waals surface area contributed by atoms with Crippen LogP contribution in [0.15, 0.2) is 21.0 Å². The molecule has 0 N–H and O–H groups in total. The fourth-order valence-electron chi connectivity index (χ4n) is 6.71. The van der Waals surface area contributed by atoms with Gasteiger partial charge >= 0.3 is 0 Å². The van der Waals surface area contributed by atoms with Crippen molar-refractivity contribution < 1.29 is 0 Å². The van der Waals surface area contributed by atoms with Crippen molar-refractivity contribution in [3.05, 3.63) is 21.0 Å². The highest BCUT2D eigenvalue weighted by molar-refractivity contribution is 8.79. The minimum atomic E-state index is 0.441. The van der Waals surface area contributed by atoms with Crippen molar-refractivity contribution in [1.29, 1.82) is 0 Å². The first-order valence-electron chi connectivity index (χ1n) is 9.00. The number of fused-ring (bicyclic) bond motifs is 9. The van der Waals surface area contributed by atoms with Crippen LogP contribution in [0.3, 0.4) is 0 Å². The van der Waals surface area contributed by atoms with E-state index in [1.807, 2.05) is 11.1 Å². The molecule has 2 heteroatoms. The Bertz CT molecular complexity index is 607. The van der Waals surface area contributed by atoms with E-state index in [0.717, 1.165) is 11.8 Å². The molecule has 1 aliphatic heterocycles. The van der Waals surface area contributed by atoms with Crippen molar-refractivity contribution in [3.63, 3.8) is 0 Å². The molecule has 5 aliphatic rings. The minimum absolute atomic E-state index is 0.441. The monoisotopic (exact) mass is 332 g/mol. The van der Waals surface area contributed by atoms with Gasteiger partial charge < -0.3 is 0 Å². The topological polar surface area (TPSA) is 0 Å². The Morgan fingerprint density at radius 1 is 0.682 bits per heavy atom. The lowest BCUT2D eigenvalue weighted by Crippen LogP contribution is -2.30. The molecule has 4 bridgehead atoms. The van der Waals surface area contributed by atoms with Crippen LogP contribution in [0.5, 0.6) is 0 Å². The number of rotatable bonds is 0. The van der Waals surface area contributed by atoms with E-state index in [4.69, 9.17) is 0 Å². The Labute approximate surface area is 143 Å². The minimum Gasteiger partial charge on any atom is -0.0585 e. The molecule has 120 valence electrons. The zero-order valence-corrected chi connectivity index (χ0v) is 16.4. The molecule has 0 nitrogen and oxygen atoms in total. The summed E-state index contributed by atoms with van der Waals surface area (Å²) in [5.74, 6) is 1.65. The molecule has 0 aromatic carbocycles. The van der Waals surface area contributed by atoms with E-state index in [2.05, 4.69) is 63.1 Å². The van der Waals surface area contributed by atoms with Crippen LogP contribution in [-0.4, -0.2) is 0 Å². The van der Waals surface area contributed by atoms with Gasteiger partial charge in [-0.1, -0.05) is 63.1 Å². The molecule has 5 rings (SSSR count). The van der Waals surface area contributed by atoms with Crippen LogP contribution < -0.4 is 0 Å². The summed E-state index contributed by atoms with van der Waals surface area (Å²) in [6, 6.07) is 0. The summed E-state index contributed by atoms with van der Waals surface area (Å²) in [6.07, 6.45) is 5.67. The van der Waals surface area contributed by atoms with Crippen molar-refractivity contribution >= 4 is 21.6 Å². The fraction of sp³-hybridized carbons (Fsp3) is 0.800. The molecule has 0 saturated heterocycles. The van der Waals surface area contributed by atoms with Crippen LogP contribution in [0, 0.1) is 33.5 Å². The molecule has 0 radical (unpaired) electrons. The standard InChI is InChI=1S/C20H28S2/c1-17(2)11-7-9-19(17,5)15-13(11)14-12-8-10-20(6,18(12,3)4)16(14)22-21-15/h11-12H,7-10H2,1-6H3/t11-,12-,19-,20-/m1/s1. The number of hydrogen-bond donors (Lipinski definition) is 0. The van der Waals surface area contributed by atoms with E-state index >= 15 is 0 Å². The van der Waals surface area contributed by atoms with Gasteiger partial charge in [0.15, 0.2) is 0 Å². The van der Waals surface area contributed by atoms with Crippen molar-refractivity contribution in [3.8, 4) is 0 Å². The molecule has 4 aliphatic carbocycles. The first kappa shape index (κ1) is 14.5. The van der Waals surface area contributed by atoms with Crippen molar-refractivity contribution in [1.82, 2.24) is 0 Å². The van der Waals surface area contributed by atoms with Gasteiger partial charge in [0.1, 0.15) is 0 Å². The zero-order chi connectivity index (χ0) is 15.7. The molecule has 1 heterocycles. The highest BCUT2D eigenvalue weighted by Crippen LogP contribution is 2.81. The van der Waals surface area contributed by atoms with E-state index in [9.17, 15) is 0 Å². The first-order valence-corrected chi connectivity index (χ1v) is 11.2. The van der Waals surface area contributed by atoms with Crippen molar-refractivity contribution in [2.24, 2.45) is 33.5 Å². The Morgan fingerprint density at radius 2 is 1.05 bits per heavy atom. The highest BCUT2D eigenvalue weighted by Gasteiger charge is 2.68. The third kappa shape index (κ3) is 1.18. The molecule has 0 aromatic rings. The van der Waals surface area contributed by atoms with Crippen molar-refractivity contribution in [2.45, 2.75) is 67.2 Å². The van der Waals surface area contributed by atoms with Gasteiger partial charge in [0.05, 0.1) is 0 Å². The zero-order valence-electron chi connectivity index (χ0n) is 14.8. The largest absolute Gasteiger partial charge is 0.0585 e. The second-order valence-electron chi connectivity index (χ2n) is 9.94. The van der Waals surface area contributed by atoms with E-state index in [1.165, 1.54) is 25.7 Å². The van der Waals surface area contributed by atoms with E-state index < -0.39 is 0 Å². The van der Waals surface area contributed by atoms with Gasteiger partial charge in [0.2, 0.25) is 0 Å². The van der Waals surface area contributed by atoms with Gasteiger partial charge in [-0.2, -0.15) is 0 Å². The van der Waals surface area contributed by atoms with Crippen LogP contribution in [0.4, 0.5) is 0 Å². The average Bonchev–Trinajstić information content (AvgIpc) is 2.95. The predicted octanol–water partition coefficient (Wildman–Crippen LogP) is 6.80.